The third kappa shape index (κ3) is 4.21. The summed E-state index contributed by atoms with van der Waals surface area (Å²) < 4.78 is 6.08. The summed E-state index contributed by atoms with van der Waals surface area (Å²) in [6, 6.07) is 1.41. The summed E-state index contributed by atoms with van der Waals surface area (Å²) in [4.78, 5) is 0. The second kappa shape index (κ2) is 7.26. The van der Waals surface area contributed by atoms with Crippen molar-refractivity contribution in [1.82, 2.24) is 5.32 Å². The number of rotatable bonds is 5. The third-order valence-corrected chi connectivity index (χ3v) is 5.35. The van der Waals surface area contributed by atoms with Gasteiger partial charge in [-0.3, -0.25) is 0 Å². The standard InChI is InChI=1S/C18H35NO/c1-14(2)13-20-17-12-16(18(17,3)4)19-15-10-8-6-5-7-9-11-15/h14-17,19H,5-13H2,1-4H3. The van der Waals surface area contributed by atoms with Crippen LogP contribution in [0.5, 0.6) is 0 Å². The van der Waals surface area contributed by atoms with Crippen molar-refractivity contribution < 1.29 is 4.74 Å². The van der Waals surface area contributed by atoms with E-state index in [9.17, 15) is 0 Å². The van der Waals surface area contributed by atoms with Gasteiger partial charge in [0.25, 0.3) is 0 Å². The Balaban J connectivity index is 1.76. The van der Waals surface area contributed by atoms with Crippen LogP contribution in [-0.2, 0) is 4.74 Å². The van der Waals surface area contributed by atoms with Crippen LogP contribution in [0.15, 0.2) is 0 Å². The number of hydrogen-bond acceptors (Lipinski definition) is 2. The first-order valence-electron chi connectivity index (χ1n) is 8.88. The van der Waals surface area contributed by atoms with Crippen molar-refractivity contribution in [3.63, 3.8) is 0 Å². The molecule has 2 fully saturated rings. The van der Waals surface area contributed by atoms with Crippen molar-refractivity contribution in [2.24, 2.45) is 11.3 Å². The molecule has 0 heterocycles. The van der Waals surface area contributed by atoms with Gasteiger partial charge in [0.2, 0.25) is 0 Å². The molecule has 0 saturated heterocycles. The monoisotopic (exact) mass is 281 g/mol. The molecule has 1 N–H and O–H groups in total. The minimum absolute atomic E-state index is 0.303. The first-order chi connectivity index (χ1) is 9.50. The van der Waals surface area contributed by atoms with E-state index in [2.05, 4.69) is 33.0 Å². The van der Waals surface area contributed by atoms with Crippen molar-refractivity contribution >= 4 is 0 Å². The maximum atomic E-state index is 6.08. The van der Waals surface area contributed by atoms with Crippen molar-refractivity contribution in [1.29, 1.82) is 0 Å². The summed E-state index contributed by atoms with van der Waals surface area (Å²) in [6.45, 7) is 10.1. The fourth-order valence-corrected chi connectivity index (χ4v) is 3.67. The first kappa shape index (κ1) is 16.3. The average Bonchev–Trinajstić information content (AvgIpc) is 2.34. The number of hydrogen-bond donors (Lipinski definition) is 1. The molecule has 2 unspecified atom stereocenters. The lowest BCUT2D eigenvalue weighted by Gasteiger charge is -2.53. The summed E-state index contributed by atoms with van der Waals surface area (Å²) in [6.07, 6.45) is 11.6. The van der Waals surface area contributed by atoms with Gasteiger partial charge < -0.3 is 10.1 Å². The molecule has 2 atom stereocenters. The van der Waals surface area contributed by atoms with Gasteiger partial charge in [-0.2, -0.15) is 0 Å². The Kier molecular flexibility index (Phi) is 5.92. The summed E-state index contributed by atoms with van der Waals surface area (Å²) in [5.74, 6) is 0.642. The lowest BCUT2D eigenvalue weighted by Crippen LogP contribution is -2.63. The molecule has 0 aromatic carbocycles. The van der Waals surface area contributed by atoms with E-state index in [0.717, 1.165) is 12.6 Å². The zero-order chi connectivity index (χ0) is 14.6. The molecule has 0 aromatic rings. The maximum absolute atomic E-state index is 6.08. The molecule has 2 aliphatic carbocycles. The summed E-state index contributed by atoms with van der Waals surface area (Å²) in [7, 11) is 0. The smallest absolute Gasteiger partial charge is 0.0656 e. The third-order valence-electron chi connectivity index (χ3n) is 5.35. The van der Waals surface area contributed by atoms with Gasteiger partial charge in [0.15, 0.2) is 0 Å². The maximum Gasteiger partial charge on any atom is 0.0656 e. The Morgan fingerprint density at radius 2 is 1.65 bits per heavy atom. The molecule has 0 bridgehead atoms. The van der Waals surface area contributed by atoms with Crippen LogP contribution in [0.1, 0.15) is 79.1 Å². The quantitative estimate of drug-likeness (QED) is 0.799. The Morgan fingerprint density at radius 3 is 2.20 bits per heavy atom. The van der Waals surface area contributed by atoms with E-state index in [0.29, 0.717) is 23.5 Å². The van der Waals surface area contributed by atoms with E-state index >= 15 is 0 Å². The Morgan fingerprint density at radius 1 is 1.05 bits per heavy atom. The largest absolute Gasteiger partial charge is 0.377 e. The summed E-state index contributed by atoms with van der Waals surface area (Å²) in [5.41, 5.74) is 0.303. The van der Waals surface area contributed by atoms with Gasteiger partial charge in [0.1, 0.15) is 0 Å². The SMILES string of the molecule is CC(C)COC1CC(NC2CCCCCCC2)C1(C)C. The van der Waals surface area contributed by atoms with Gasteiger partial charge in [0.05, 0.1) is 6.10 Å². The van der Waals surface area contributed by atoms with Gasteiger partial charge in [0, 0.05) is 24.1 Å². The number of ether oxygens (including phenoxy) is 1. The molecule has 0 spiro atoms. The second-order valence-corrected chi connectivity index (χ2v) is 8.03. The molecular formula is C18H35NO. The van der Waals surface area contributed by atoms with Crippen LogP contribution < -0.4 is 5.32 Å². The lowest BCUT2D eigenvalue weighted by atomic mass is 9.64. The molecule has 2 saturated carbocycles. The van der Waals surface area contributed by atoms with Gasteiger partial charge in [-0.05, 0) is 25.2 Å². The summed E-state index contributed by atoms with van der Waals surface area (Å²) >= 11 is 0. The topological polar surface area (TPSA) is 21.3 Å². The Labute approximate surface area is 126 Å². The molecule has 118 valence electrons. The highest BCUT2D eigenvalue weighted by Gasteiger charge is 2.49. The van der Waals surface area contributed by atoms with Crippen molar-refractivity contribution in [3.05, 3.63) is 0 Å². The molecule has 0 amide bonds. The molecule has 0 aliphatic heterocycles. The first-order valence-corrected chi connectivity index (χ1v) is 8.88. The zero-order valence-corrected chi connectivity index (χ0v) is 14.1. The van der Waals surface area contributed by atoms with Crippen LogP contribution in [0, 0.1) is 11.3 Å². The van der Waals surface area contributed by atoms with Crippen molar-refractivity contribution in [3.8, 4) is 0 Å². The Bertz CT molecular complexity index is 279. The van der Waals surface area contributed by atoms with Crippen LogP contribution in [0.3, 0.4) is 0 Å². The molecular weight excluding hydrogens is 246 g/mol. The highest BCUT2D eigenvalue weighted by molar-refractivity contribution is 5.03. The fourth-order valence-electron chi connectivity index (χ4n) is 3.67. The predicted molar refractivity (Wildman–Crippen MR) is 86.0 cm³/mol. The molecule has 20 heavy (non-hydrogen) atoms. The van der Waals surface area contributed by atoms with E-state index in [1.165, 1.54) is 51.4 Å². The zero-order valence-electron chi connectivity index (χ0n) is 14.1. The van der Waals surface area contributed by atoms with E-state index in [1.807, 2.05) is 0 Å². The van der Waals surface area contributed by atoms with Gasteiger partial charge >= 0.3 is 0 Å². The normalized spacial score (nSPS) is 31.6. The van der Waals surface area contributed by atoms with Crippen LogP contribution in [0.25, 0.3) is 0 Å². The number of nitrogens with one attached hydrogen (secondary N) is 1. The van der Waals surface area contributed by atoms with Gasteiger partial charge in [-0.1, -0.05) is 59.8 Å². The van der Waals surface area contributed by atoms with Crippen LogP contribution in [-0.4, -0.2) is 24.8 Å². The fraction of sp³-hybridized carbons (Fsp3) is 1.00. The van der Waals surface area contributed by atoms with Crippen molar-refractivity contribution in [2.45, 2.75) is 97.2 Å². The molecule has 2 rings (SSSR count). The highest BCUT2D eigenvalue weighted by atomic mass is 16.5. The highest BCUT2D eigenvalue weighted by Crippen LogP contribution is 2.43. The minimum Gasteiger partial charge on any atom is -0.377 e. The van der Waals surface area contributed by atoms with Crippen LogP contribution in [0.2, 0.25) is 0 Å². The van der Waals surface area contributed by atoms with E-state index < -0.39 is 0 Å². The molecule has 2 nitrogen and oxygen atoms in total. The minimum atomic E-state index is 0.303. The average molecular weight is 281 g/mol. The van der Waals surface area contributed by atoms with E-state index in [4.69, 9.17) is 4.74 Å². The molecule has 2 aliphatic rings. The predicted octanol–water partition coefficient (Wildman–Crippen LogP) is 4.53. The molecule has 0 radical (unpaired) electrons. The lowest BCUT2D eigenvalue weighted by molar-refractivity contribution is -0.126. The summed E-state index contributed by atoms with van der Waals surface area (Å²) in [5, 5.41) is 3.95. The van der Waals surface area contributed by atoms with Crippen LogP contribution >= 0.6 is 0 Å². The van der Waals surface area contributed by atoms with Crippen molar-refractivity contribution in [2.75, 3.05) is 6.61 Å². The van der Waals surface area contributed by atoms with E-state index in [-0.39, 0.29) is 0 Å². The van der Waals surface area contributed by atoms with Gasteiger partial charge in [-0.15, -0.1) is 0 Å². The van der Waals surface area contributed by atoms with E-state index in [1.54, 1.807) is 0 Å². The van der Waals surface area contributed by atoms with Crippen LogP contribution in [0.4, 0.5) is 0 Å². The molecule has 0 aromatic heterocycles. The van der Waals surface area contributed by atoms with Gasteiger partial charge in [-0.25, -0.2) is 0 Å². The molecule has 2 heteroatoms. The Hall–Kier alpha value is -0.0800. The second-order valence-electron chi connectivity index (χ2n) is 8.03.